The van der Waals surface area contributed by atoms with Crippen LogP contribution in [-0.2, 0) is 4.79 Å². The lowest BCUT2D eigenvalue weighted by Gasteiger charge is -2.37. The second kappa shape index (κ2) is 5.57. The highest BCUT2D eigenvalue weighted by Crippen LogP contribution is 2.24. The highest BCUT2D eigenvalue weighted by Gasteiger charge is 2.35. The van der Waals surface area contributed by atoms with E-state index in [9.17, 15) is 4.79 Å². The zero-order chi connectivity index (χ0) is 13.2. The van der Waals surface area contributed by atoms with Crippen molar-refractivity contribution in [2.45, 2.75) is 45.6 Å². The third kappa shape index (κ3) is 3.23. The number of carbonyl (C=O) groups is 1. The van der Waals surface area contributed by atoms with E-state index in [1.165, 1.54) is 12.8 Å². The topological polar surface area (TPSA) is 49.6 Å². The Morgan fingerprint density at radius 2 is 1.72 bits per heavy atom. The number of amides is 1. The number of likely N-dealkylation sites (tertiary alicyclic amines) is 2. The predicted octanol–water partition coefficient (Wildman–Crippen LogP) is 1.06. The fourth-order valence-corrected chi connectivity index (χ4v) is 3.10. The highest BCUT2D eigenvalue weighted by atomic mass is 16.2. The molecule has 0 radical (unpaired) electrons. The SMILES string of the molecule is CC(C)(CN1CCCC1)C(=O)N1CCC(N)CC1. The number of piperidine rings is 1. The van der Waals surface area contributed by atoms with Gasteiger partial charge in [-0.1, -0.05) is 0 Å². The average molecular weight is 253 g/mol. The lowest BCUT2D eigenvalue weighted by Crippen LogP contribution is -2.50. The molecule has 2 aliphatic heterocycles. The molecule has 0 aliphatic carbocycles. The Balaban J connectivity index is 1.89. The number of nitrogens with two attached hydrogens (primary N) is 1. The van der Waals surface area contributed by atoms with Crippen LogP contribution in [0.25, 0.3) is 0 Å². The summed E-state index contributed by atoms with van der Waals surface area (Å²) in [6.45, 7) is 9.05. The molecular formula is C14H27N3O. The zero-order valence-corrected chi connectivity index (χ0v) is 11.8. The summed E-state index contributed by atoms with van der Waals surface area (Å²) >= 11 is 0. The zero-order valence-electron chi connectivity index (χ0n) is 11.8. The molecule has 0 spiro atoms. The summed E-state index contributed by atoms with van der Waals surface area (Å²) in [7, 11) is 0. The summed E-state index contributed by atoms with van der Waals surface area (Å²) < 4.78 is 0. The molecule has 0 aromatic carbocycles. The smallest absolute Gasteiger partial charge is 0.229 e. The summed E-state index contributed by atoms with van der Waals surface area (Å²) in [5.41, 5.74) is 5.63. The van der Waals surface area contributed by atoms with Crippen molar-refractivity contribution in [2.24, 2.45) is 11.1 Å². The minimum atomic E-state index is -0.258. The fraction of sp³-hybridized carbons (Fsp3) is 0.929. The molecule has 0 bridgehead atoms. The van der Waals surface area contributed by atoms with Crippen LogP contribution in [-0.4, -0.2) is 54.5 Å². The fourth-order valence-electron chi connectivity index (χ4n) is 3.10. The molecule has 18 heavy (non-hydrogen) atoms. The van der Waals surface area contributed by atoms with Gasteiger partial charge in [-0.05, 0) is 52.6 Å². The van der Waals surface area contributed by atoms with Crippen molar-refractivity contribution in [3.05, 3.63) is 0 Å². The Morgan fingerprint density at radius 1 is 1.17 bits per heavy atom. The van der Waals surface area contributed by atoms with Crippen molar-refractivity contribution in [1.29, 1.82) is 0 Å². The molecule has 2 aliphatic rings. The molecule has 2 saturated heterocycles. The van der Waals surface area contributed by atoms with E-state index in [-0.39, 0.29) is 11.5 Å². The van der Waals surface area contributed by atoms with Gasteiger partial charge in [0.1, 0.15) is 0 Å². The Kier molecular flexibility index (Phi) is 4.28. The minimum Gasteiger partial charge on any atom is -0.342 e. The van der Waals surface area contributed by atoms with E-state index in [0.717, 1.165) is 45.6 Å². The van der Waals surface area contributed by atoms with Crippen LogP contribution in [0.5, 0.6) is 0 Å². The molecule has 2 fully saturated rings. The van der Waals surface area contributed by atoms with Crippen LogP contribution in [0.2, 0.25) is 0 Å². The third-order valence-corrected chi connectivity index (χ3v) is 4.22. The molecule has 1 amide bonds. The lowest BCUT2D eigenvalue weighted by molar-refractivity contribution is -0.142. The highest BCUT2D eigenvalue weighted by molar-refractivity contribution is 5.82. The molecule has 4 nitrogen and oxygen atoms in total. The minimum absolute atomic E-state index is 0.258. The van der Waals surface area contributed by atoms with Crippen molar-refractivity contribution in [3.8, 4) is 0 Å². The molecule has 0 saturated carbocycles. The number of hydrogen-bond acceptors (Lipinski definition) is 3. The Labute approximate surface area is 110 Å². The van der Waals surface area contributed by atoms with Gasteiger partial charge in [0.25, 0.3) is 0 Å². The average Bonchev–Trinajstić information content (AvgIpc) is 2.81. The van der Waals surface area contributed by atoms with Crippen LogP contribution in [0.4, 0.5) is 0 Å². The maximum Gasteiger partial charge on any atom is 0.229 e. The van der Waals surface area contributed by atoms with E-state index in [2.05, 4.69) is 18.7 Å². The van der Waals surface area contributed by atoms with E-state index >= 15 is 0 Å². The second-order valence-corrected chi connectivity index (χ2v) is 6.50. The van der Waals surface area contributed by atoms with Crippen molar-refractivity contribution in [1.82, 2.24) is 9.80 Å². The van der Waals surface area contributed by atoms with Crippen molar-refractivity contribution in [2.75, 3.05) is 32.7 Å². The lowest BCUT2D eigenvalue weighted by atomic mass is 9.89. The van der Waals surface area contributed by atoms with Crippen LogP contribution in [0, 0.1) is 5.41 Å². The summed E-state index contributed by atoms with van der Waals surface area (Å²) in [6, 6.07) is 0.288. The van der Waals surface area contributed by atoms with Crippen LogP contribution >= 0.6 is 0 Å². The van der Waals surface area contributed by atoms with Gasteiger partial charge < -0.3 is 15.5 Å². The molecule has 2 heterocycles. The predicted molar refractivity (Wildman–Crippen MR) is 73.2 cm³/mol. The first kappa shape index (κ1) is 13.8. The number of carbonyl (C=O) groups excluding carboxylic acids is 1. The summed E-state index contributed by atoms with van der Waals surface area (Å²) in [5, 5.41) is 0. The van der Waals surface area contributed by atoms with Crippen molar-refractivity contribution in [3.63, 3.8) is 0 Å². The first-order valence-electron chi connectivity index (χ1n) is 7.26. The standard InChI is InChI=1S/C14H27N3O/c1-14(2,11-16-7-3-4-8-16)13(18)17-9-5-12(15)6-10-17/h12H,3-11,15H2,1-2H3. The normalized spacial score (nSPS) is 23.6. The Morgan fingerprint density at radius 3 is 2.28 bits per heavy atom. The van der Waals surface area contributed by atoms with Gasteiger partial charge in [0.15, 0.2) is 0 Å². The van der Waals surface area contributed by atoms with Crippen LogP contribution in [0.3, 0.4) is 0 Å². The molecule has 4 heteroatoms. The Bertz CT molecular complexity index is 289. The van der Waals surface area contributed by atoms with Crippen LogP contribution in [0.1, 0.15) is 39.5 Å². The van der Waals surface area contributed by atoms with E-state index in [1.807, 2.05) is 4.90 Å². The van der Waals surface area contributed by atoms with Gasteiger partial charge in [-0.25, -0.2) is 0 Å². The molecule has 0 aromatic heterocycles. The van der Waals surface area contributed by atoms with Crippen molar-refractivity contribution >= 4 is 5.91 Å². The van der Waals surface area contributed by atoms with Gasteiger partial charge in [-0.15, -0.1) is 0 Å². The first-order valence-corrected chi connectivity index (χ1v) is 7.26. The van der Waals surface area contributed by atoms with Crippen LogP contribution in [0.15, 0.2) is 0 Å². The second-order valence-electron chi connectivity index (χ2n) is 6.50. The number of hydrogen-bond donors (Lipinski definition) is 1. The van der Waals surface area contributed by atoms with E-state index in [0.29, 0.717) is 5.91 Å². The molecule has 0 aromatic rings. The van der Waals surface area contributed by atoms with Crippen LogP contribution < -0.4 is 5.73 Å². The maximum absolute atomic E-state index is 12.6. The van der Waals surface area contributed by atoms with E-state index in [4.69, 9.17) is 5.73 Å². The maximum atomic E-state index is 12.6. The first-order chi connectivity index (χ1) is 8.49. The van der Waals surface area contributed by atoms with Gasteiger partial charge in [0, 0.05) is 25.7 Å². The molecular weight excluding hydrogens is 226 g/mol. The van der Waals surface area contributed by atoms with Gasteiger partial charge in [0.2, 0.25) is 5.91 Å². The van der Waals surface area contributed by atoms with Crippen molar-refractivity contribution < 1.29 is 4.79 Å². The van der Waals surface area contributed by atoms with E-state index < -0.39 is 0 Å². The molecule has 2 N–H and O–H groups in total. The number of nitrogens with zero attached hydrogens (tertiary/aromatic N) is 2. The van der Waals surface area contributed by atoms with Gasteiger partial charge in [0.05, 0.1) is 5.41 Å². The third-order valence-electron chi connectivity index (χ3n) is 4.22. The number of rotatable bonds is 3. The Hall–Kier alpha value is -0.610. The monoisotopic (exact) mass is 253 g/mol. The largest absolute Gasteiger partial charge is 0.342 e. The summed E-state index contributed by atoms with van der Waals surface area (Å²) in [5.74, 6) is 0.307. The van der Waals surface area contributed by atoms with Gasteiger partial charge in [-0.3, -0.25) is 4.79 Å². The van der Waals surface area contributed by atoms with Gasteiger partial charge >= 0.3 is 0 Å². The molecule has 2 rings (SSSR count). The molecule has 0 unspecified atom stereocenters. The quantitative estimate of drug-likeness (QED) is 0.818. The summed E-state index contributed by atoms with van der Waals surface area (Å²) in [6.07, 6.45) is 4.46. The molecule has 0 atom stereocenters. The summed E-state index contributed by atoms with van der Waals surface area (Å²) in [4.78, 5) is 17.0. The van der Waals surface area contributed by atoms with E-state index in [1.54, 1.807) is 0 Å². The molecule has 104 valence electrons. The van der Waals surface area contributed by atoms with Gasteiger partial charge in [-0.2, -0.15) is 0 Å².